The SMILES string of the molecule is NNc1cc(C(=O)N(CCO)C2CC2)ccc1[N+](=O)[O-]. The van der Waals surface area contributed by atoms with Gasteiger partial charge in [-0.15, -0.1) is 0 Å². The Morgan fingerprint density at radius 1 is 1.55 bits per heavy atom. The van der Waals surface area contributed by atoms with E-state index in [-0.39, 0.29) is 36.5 Å². The molecular formula is C12H16N4O4. The molecule has 1 aliphatic carbocycles. The molecule has 0 aromatic heterocycles. The van der Waals surface area contributed by atoms with Gasteiger partial charge in [-0.25, -0.2) is 0 Å². The molecule has 0 unspecified atom stereocenters. The molecule has 0 radical (unpaired) electrons. The summed E-state index contributed by atoms with van der Waals surface area (Å²) in [5.41, 5.74) is 2.43. The molecule has 0 saturated heterocycles. The number of anilines is 1. The molecule has 108 valence electrons. The van der Waals surface area contributed by atoms with Gasteiger partial charge in [0, 0.05) is 24.2 Å². The van der Waals surface area contributed by atoms with E-state index in [1.165, 1.54) is 18.2 Å². The first-order valence-corrected chi connectivity index (χ1v) is 6.25. The van der Waals surface area contributed by atoms with Crippen LogP contribution < -0.4 is 11.3 Å². The maximum atomic E-state index is 12.3. The fourth-order valence-corrected chi connectivity index (χ4v) is 2.05. The lowest BCUT2D eigenvalue weighted by Gasteiger charge is -2.21. The summed E-state index contributed by atoms with van der Waals surface area (Å²) < 4.78 is 0. The minimum atomic E-state index is -0.574. The first kappa shape index (κ1) is 14.2. The van der Waals surface area contributed by atoms with Crippen LogP contribution in [0.2, 0.25) is 0 Å². The minimum absolute atomic E-state index is 0.0839. The topological polar surface area (TPSA) is 122 Å². The average Bonchev–Trinajstić information content (AvgIpc) is 3.27. The van der Waals surface area contributed by atoms with Gasteiger partial charge >= 0.3 is 0 Å². The summed E-state index contributed by atoms with van der Waals surface area (Å²) in [7, 11) is 0. The van der Waals surface area contributed by atoms with E-state index in [1.807, 2.05) is 0 Å². The normalized spacial score (nSPS) is 13.9. The molecule has 2 rings (SSSR count). The molecule has 8 nitrogen and oxygen atoms in total. The average molecular weight is 280 g/mol. The van der Waals surface area contributed by atoms with Gasteiger partial charge in [0.2, 0.25) is 0 Å². The van der Waals surface area contributed by atoms with Crippen LogP contribution in [0.3, 0.4) is 0 Å². The van der Waals surface area contributed by atoms with Crippen LogP contribution in [0.5, 0.6) is 0 Å². The number of aliphatic hydroxyl groups is 1. The number of nitrogens with one attached hydrogen (secondary N) is 1. The summed E-state index contributed by atoms with van der Waals surface area (Å²) in [5.74, 6) is 4.99. The van der Waals surface area contributed by atoms with Crippen molar-refractivity contribution in [1.29, 1.82) is 0 Å². The van der Waals surface area contributed by atoms with Crippen LogP contribution in [-0.2, 0) is 0 Å². The highest BCUT2D eigenvalue weighted by Crippen LogP contribution is 2.30. The molecule has 1 amide bonds. The van der Waals surface area contributed by atoms with E-state index in [9.17, 15) is 14.9 Å². The molecule has 4 N–H and O–H groups in total. The highest BCUT2D eigenvalue weighted by Gasteiger charge is 2.33. The van der Waals surface area contributed by atoms with E-state index >= 15 is 0 Å². The number of hydrazine groups is 1. The molecule has 1 aliphatic rings. The third kappa shape index (κ3) is 2.86. The van der Waals surface area contributed by atoms with Crippen LogP contribution in [0.4, 0.5) is 11.4 Å². The highest BCUT2D eigenvalue weighted by atomic mass is 16.6. The standard InChI is InChI=1S/C12H16N4O4/c13-14-10-7-8(1-4-11(10)16(19)20)12(18)15(5-6-17)9-2-3-9/h1,4,7,9,14,17H,2-3,5-6,13H2. The Kier molecular flexibility index (Phi) is 4.16. The van der Waals surface area contributed by atoms with Gasteiger partial charge in [-0.2, -0.15) is 0 Å². The van der Waals surface area contributed by atoms with Gasteiger partial charge < -0.3 is 15.4 Å². The predicted molar refractivity (Wildman–Crippen MR) is 72.1 cm³/mol. The number of rotatable bonds is 6. The number of carbonyl (C=O) groups is 1. The minimum Gasteiger partial charge on any atom is -0.395 e. The molecule has 20 heavy (non-hydrogen) atoms. The van der Waals surface area contributed by atoms with E-state index in [0.29, 0.717) is 5.56 Å². The summed E-state index contributed by atoms with van der Waals surface area (Å²) in [6, 6.07) is 4.15. The number of aliphatic hydroxyl groups excluding tert-OH is 1. The lowest BCUT2D eigenvalue weighted by atomic mass is 10.1. The van der Waals surface area contributed by atoms with Crippen molar-refractivity contribution >= 4 is 17.3 Å². The number of amides is 1. The van der Waals surface area contributed by atoms with Crippen molar-refractivity contribution in [3.63, 3.8) is 0 Å². The van der Waals surface area contributed by atoms with Gasteiger partial charge in [-0.05, 0) is 25.0 Å². The molecule has 0 atom stereocenters. The van der Waals surface area contributed by atoms with E-state index in [1.54, 1.807) is 4.90 Å². The van der Waals surface area contributed by atoms with Gasteiger partial charge in [0.15, 0.2) is 0 Å². The fourth-order valence-electron chi connectivity index (χ4n) is 2.05. The number of benzene rings is 1. The summed E-state index contributed by atoms with van der Waals surface area (Å²) in [5, 5.41) is 19.8. The monoisotopic (exact) mass is 280 g/mol. The van der Waals surface area contributed by atoms with Crippen LogP contribution >= 0.6 is 0 Å². The maximum absolute atomic E-state index is 12.3. The fraction of sp³-hybridized carbons (Fsp3) is 0.417. The molecule has 0 aliphatic heterocycles. The second-order valence-electron chi connectivity index (χ2n) is 4.59. The van der Waals surface area contributed by atoms with Crippen molar-refractivity contribution in [3.8, 4) is 0 Å². The largest absolute Gasteiger partial charge is 0.395 e. The number of nitro groups is 1. The van der Waals surface area contributed by atoms with Crippen molar-refractivity contribution in [2.24, 2.45) is 5.84 Å². The maximum Gasteiger partial charge on any atom is 0.293 e. The number of nitrogens with two attached hydrogens (primary N) is 1. The molecule has 1 aromatic carbocycles. The number of nitro benzene ring substituents is 1. The van der Waals surface area contributed by atoms with Crippen LogP contribution in [0.1, 0.15) is 23.2 Å². The smallest absolute Gasteiger partial charge is 0.293 e. The van der Waals surface area contributed by atoms with Crippen molar-refractivity contribution in [1.82, 2.24) is 4.90 Å². The zero-order valence-electron chi connectivity index (χ0n) is 10.8. The van der Waals surface area contributed by atoms with Crippen LogP contribution in [0.25, 0.3) is 0 Å². The molecule has 1 saturated carbocycles. The van der Waals surface area contributed by atoms with Crippen molar-refractivity contribution < 1.29 is 14.8 Å². The Morgan fingerprint density at radius 3 is 2.75 bits per heavy atom. The summed E-state index contributed by atoms with van der Waals surface area (Å²) >= 11 is 0. The van der Waals surface area contributed by atoms with Gasteiger partial charge in [-0.1, -0.05) is 0 Å². The summed E-state index contributed by atoms with van der Waals surface area (Å²) in [4.78, 5) is 24.2. The number of carbonyl (C=O) groups excluding carboxylic acids is 1. The zero-order valence-corrected chi connectivity index (χ0v) is 10.8. The third-order valence-electron chi connectivity index (χ3n) is 3.19. The first-order valence-electron chi connectivity index (χ1n) is 6.25. The van der Waals surface area contributed by atoms with Crippen molar-refractivity contribution in [2.45, 2.75) is 18.9 Å². The van der Waals surface area contributed by atoms with E-state index < -0.39 is 4.92 Å². The number of hydrogen-bond donors (Lipinski definition) is 3. The van der Waals surface area contributed by atoms with Crippen LogP contribution in [-0.4, -0.2) is 40.0 Å². The highest BCUT2D eigenvalue weighted by molar-refractivity contribution is 5.96. The molecular weight excluding hydrogens is 264 g/mol. The van der Waals surface area contributed by atoms with Crippen LogP contribution in [0.15, 0.2) is 18.2 Å². The molecule has 0 bridgehead atoms. The van der Waals surface area contributed by atoms with Crippen LogP contribution in [0, 0.1) is 10.1 Å². The Labute approximate surface area is 115 Å². The lowest BCUT2D eigenvalue weighted by Crippen LogP contribution is -2.35. The third-order valence-corrected chi connectivity index (χ3v) is 3.19. The van der Waals surface area contributed by atoms with E-state index in [0.717, 1.165) is 12.8 Å². The van der Waals surface area contributed by atoms with Gasteiger partial charge in [0.25, 0.3) is 11.6 Å². The number of hydrogen-bond acceptors (Lipinski definition) is 6. The van der Waals surface area contributed by atoms with Crippen molar-refractivity contribution in [3.05, 3.63) is 33.9 Å². The lowest BCUT2D eigenvalue weighted by molar-refractivity contribution is -0.384. The molecule has 8 heteroatoms. The quantitative estimate of drug-likeness (QED) is 0.396. The second-order valence-corrected chi connectivity index (χ2v) is 4.59. The number of nitrogens with zero attached hydrogens (tertiary/aromatic N) is 2. The van der Waals surface area contributed by atoms with Gasteiger partial charge in [0.1, 0.15) is 5.69 Å². The Balaban J connectivity index is 2.27. The first-order chi connectivity index (χ1) is 9.58. The van der Waals surface area contributed by atoms with Gasteiger partial charge in [-0.3, -0.25) is 20.8 Å². The molecule has 0 spiro atoms. The zero-order chi connectivity index (χ0) is 14.7. The van der Waals surface area contributed by atoms with Gasteiger partial charge in [0.05, 0.1) is 11.5 Å². The van der Waals surface area contributed by atoms with E-state index in [2.05, 4.69) is 5.43 Å². The second kappa shape index (κ2) is 5.85. The molecule has 1 fully saturated rings. The number of nitrogen functional groups attached to an aromatic ring is 1. The molecule has 1 aromatic rings. The Morgan fingerprint density at radius 2 is 2.25 bits per heavy atom. The van der Waals surface area contributed by atoms with E-state index in [4.69, 9.17) is 10.9 Å². The molecule has 0 heterocycles. The van der Waals surface area contributed by atoms with Crippen molar-refractivity contribution in [2.75, 3.05) is 18.6 Å². The summed E-state index contributed by atoms with van der Waals surface area (Å²) in [6.07, 6.45) is 1.83. The summed E-state index contributed by atoms with van der Waals surface area (Å²) in [6.45, 7) is 0.142. The predicted octanol–water partition coefficient (Wildman–Crippen LogP) is 0.477. The Hall–Kier alpha value is -2.19. The Bertz CT molecular complexity index is 530.